The summed E-state index contributed by atoms with van der Waals surface area (Å²) in [4.78, 5) is 0. The van der Waals surface area contributed by atoms with Crippen LogP contribution in [0.4, 0.5) is 13.2 Å². The number of ether oxygens (including phenoxy) is 1. The molecule has 0 fully saturated rings. The number of halogens is 5. The summed E-state index contributed by atoms with van der Waals surface area (Å²) < 4.78 is 42.3. The second kappa shape index (κ2) is 5.33. The quantitative estimate of drug-likeness (QED) is 0.911. The van der Waals surface area contributed by atoms with Gasteiger partial charge in [-0.3, -0.25) is 0 Å². The Morgan fingerprint density at radius 3 is 2.41 bits per heavy atom. The van der Waals surface area contributed by atoms with Gasteiger partial charge in [-0.2, -0.15) is 13.2 Å². The molecule has 1 atom stereocenters. The van der Waals surface area contributed by atoms with Crippen molar-refractivity contribution in [3.05, 3.63) is 27.7 Å². The highest BCUT2D eigenvalue weighted by molar-refractivity contribution is 6.35. The van der Waals surface area contributed by atoms with Crippen LogP contribution < -0.4 is 4.74 Å². The second-order valence-corrected chi connectivity index (χ2v) is 4.03. The molecule has 0 bridgehead atoms. The lowest BCUT2D eigenvalue weighted by Gasteiger charge is -2.19. The Balaban J connectivity index is 3.29. The fourth-order valence-corrected chi connectivity index (χ4v) is 1.82. The first kappa shape index (κ1) is 14.4. The number of alkyl halides is 3. The molecule has 0 aliphatic heterocycles. The van der Waals surface area contributed by atoms with Crippen LogP contribution >= 0.6 is 23.2 Å². The van der Waals surface area contributed by atoms with Crippen molar-refractivity contribution in [1.82, 2.24) is 0 Å². The smallest absolute Gasteiger partial charge is 0.418 e. The van der Waals surface area contributed by atoms with Gasteiger partial charge >= 0.3 is 6.18 Å². The van der Waals surface area contributed by atoms with Gasteiger partial charge in [0.15, 0.2) is 6.10 Å². The first-order valence-electron chi connectivity index (χ1n) is 4.64. The predicted octanol–water partition coefficient (Wildman–Crippen LogP) is 3.99. The van der Waals surface area contributed by atoms with Gasteiger partial charge in [-0.15, -0.1) is 0 Å². The molecule has 1 aromatic carbocycles. The lowest BCUT2D eigenvalue weighted by atomic mass is 10.1. The minimum atomic E-state index is -4.81. The molecule has 1 N–H and O–H groups in total. The normalized spacial score (nSPS) is 13.6. The maximum atomic E-state index is 12.4. The Hall–Kier alpha value is -0.650. The molecule has 0 radical (unpaired) electrons. The molecule has 0 saturated heterocycles. The monoisotopic (exact) mass is 288 g/mol. The van der Waals surface area contributed by atoms with Gasteiger partial charge in [-0.05, 0) is 19.1 Å². The van der Waals surface area contributed by atoms with E-state index in [1.807, 2.05) is 0 Å². The molecule has 1 unspecified atom stereocenters. The summed E-state index contributed by atoms with van der Waals surface area (Å²) in [7, 11) is 0. The molecular weight excluding hydrogens is 280 g/mol. The molecule has 0 saturated carbocycles. The number of aliphatic hydroxyl groups is 1. The van der Waals surface area contributed by atoms with Crippen LogP contribution in [0, 0.1) is 0 Å². The van der Waals surface area contributed by atoms with Crippen molar-refractivity contribution in [2.24, 2.45) is 0 Å². The van der Waals surface area contributed by atoms with E-state index >= 15 is 0 Å². The van der Waals surface area contributed by atoms with Gasteiger partial charge in [0, 0.05) is 10.6 Å². The Bertz CT molecular complexity index is 407. The van der Waals surface area contributed by atoms with Crippen LogP contribution in [0.1, 0.15) is 18.6 Å². The van der Waals surface area contributed by atoms with Gasteiger partial charge in [0.05, 0.1) is 11.6 Å². The molecule has 1 aromatic rings. The minimum absolute atomic E-state index is 0.00301. The number of benzene rings is 1. The summed E-state index contributed by atoms with van der Waals surface area (Å²) >= 11 is 11.3. The molecule has 0 amide bonds. The third-order valence-corrected chi connectivity index (χ3v) is 2.43. The number of hydrogen-bond acceptors (Lipinski definition) is 2. The van der Waals surface area contributed by atoms with Crippen molar-refractivity contribution in [2.75, 3.05) is 6.61 Å². The van der Waals surface area contributed by atoms with Crippen molar-refractivity contribution in [1.29, 1.82) is 0 Å². The fourth-order valence-electron chi connectivity index (χ4n) is 1.26. The summed E-state index contributed by atoms with van der Waals surface area (Å²) in [6.45, 7) is 1.72. The predicted molar refractivity (Wildman–Crippen MR) is 58.6 cm³/mol. The average molecular weight is 289 g/mol. The largest absolute Gasteiger partial charge is 0.492 e. The Kier molecular flexibility index (Phi) is 4.52. The van der Waals surface area contributed by atoms with Crippen molar-refractivity contribution >= 4 is 23.2 Å². The number of rotatable bonds is 3. The molecule has 0 heterocycles. The van der Waals surface area contributed by atoms with Crippen molar-refractivity contribution < 1.29 is 23.0 Å². The Morgan fingerprint density at radius 2 is 1.94 bits per heavy atom. The van der Waals surface area contributed by atoms with Crippen LogP contribution in [0.5, 0.6) is 5.75 Å². The van der Waals surface area contributed by atoms with Gasteiger partial charge in [0.2, 0.25) is 0 Å². The lowest BCUT2D eigenvalue weighted by Crippen LogP contribution is -2.21. The molecule has 0 aromatic heterocycles. The van der Waals surface area contributed by atoms with E-state index in [4.69, 9.17) is 27.9 Å². The van der Waals surface area contributed by atoms with E-state index in [1.54, 1.807) is 6.92 Å². The molecule has 17 heavy (non-hydrogen) atoms. The van der Waals surface area contributed by atoms with Crippen molar-refractivity contribution in [3.8, 4) is 5.75 Å². The standard InChI is InChI=1S/C10H9Cl2F3O2/c1-2-17-8-6(9(16)10(13,14)15)3-5(11)4-7(8)12/h3-4,9,16H,2H2,1H3. The van der Waals surface area contributed by atoms with Crippen LogP contribution in [0.15, 0.2) is 12.1 Å². The zero-order chi connectivity index (χ0) is 13.2. The molecular formula is C10H9Cl2F3O2. The fraction of sp³-hybridized carbons (Fsp3) is 0.400. The third-order valence-electron chi connectivity index (χ3n) is 1.93. The average Bonchev–Trinajstić information content (AvgIpc) is 2.19. The van der Waals surface area contributed by atoms with E-state index in [9.17, 15) is 18.3 Å². The van der Waals surface area contributed by atoms with Gasteiger partial charge in [-0.25, -0.2) is 0 Å². The van der Waals surface area contributed by atoms with Gasteiger partial charge in [-0.1, -0.05) is 23.2 Å². The number of aliphatic hydroxyl groups excluding tert-OH is 1. The highest BCUT2D eigenvalue weighted by Crippen LogP contribution is 2.41. The molecule has 1 rings (SSSR count). The Morgan fingerprint density at radius 1 is 1.35 bits per heavy atom. The molecule has 0 aliphatic carbocycles. The Labute approximate surface area is 106 Å². The maximum absolute atomic E-state index is 12.4. The molecule has 2 nitrogen and oxygen atoms in total. The lowest BCUT2D eigenvalue weighted by molar-refractivity contribution is -0.207. The molecule has 0 spiro atoms. The zero-order valence-corrected chi connectivity index (χ0v) is 10.2. The minimum Gasteiger partial charge on any atom is -0.492 e. The van der Waals surface area contributed by atoms with Crippen molar-refractivity contribution in [3.63, 3.8) is 0 Å². The highest BCUT2D eigenvalue weighted by Gasteiger charge is 2.41. The third kappa shape index (κ3) is 3.40. The summed E-state index contributed by atoms with van der Waals surface area (Å²) in [6, 6.07) is 2.23. The van der Waals surface area contributed by atoms with Gasteiger partial charge in [0.25, 0.3) is 0 Å². The van der Waals surface area contributed by atoms with Crippen molar-refractivity contribution in [2.45, 2.75) is 19.2 Å². The SMILES string of the molecule is CCOc1c(Cl)cc(Cl)cc1C(O)C(F)(F)F. The topological polar surface area (TPSA) is 29.5 Å². The first-order chi connectivity index (χ1) is 7.77. The first-order valence-corrected chi connectivity index (χ1v) is 5.39. The van der Waals surface area contributed by atoms with Crippen LogP contribution in [0.3, 0.4) is 0 Å². The van der Waals surface area contributed by atoms with E-state index in [0.29, 0.717) is 0 Å². The summed E-state index contributed by atoms with van der Waals surface area (Å²) in [5, 5.41) is 9.12. The van der Waals surface area contributed by atoms with E-state index in [2.05, 4.69) is 0 Å². The summed E-state index contributed by atoms with van der Waals surface area (Å²) in [5.74, 6) is -0.205. The summed E-state index contributed by atoms with van der Waals surface area (Å²) in [5.41, 5.74) is -0.489. The van der Waals surface area contributed by atoms with Crippen LogP contribution in [-0.4, -0.2) is 17.9 Å². The molecule has 0 aliphatic rings. The maximum Gasteiger partial charge on any atom is 0.418 e. The molecule has 7 heteroatoms. The van der Waals surface area contributed by atoms with Gasteiger partial charge < -0.3 is 9.84 Å². The zero-order valence-electron chi connectivity index (χ0n) is 8.68. The van der Waals surface area contributed by atoms with E-state index < -0.39 is 17.8 Å². The highest BCUT2D eigenvalue weighted by atomic mass is 35.5. The molecule has 96 valence electrons. The summed E-state index contributed by atoms with van der Waals surface area (Å²) in [6.07, 6.45) is -7.49. The number of hydrogen-bond donors (Lipinski definition) is 1. The second-order valence-electron chi connectivity index (χ2n) is 3.18. The van der Waals surface area contributed by atoms with Crippen LogP contribution in [0.2, 0.25) is 10.0 Å². The van der Waals surface area contributed by atoms with E-state index in [-0.39, 0.29) is 22.4 Å². The van der Waals surface area contributed by atoms with E-state index in [0.717, 1.165) is 6.07 Å². The van der Waals surface area contributed by atoms with Crippen LogP contribution in [0.25, 0.3) is 0 Å². The van der Waals surface area contributed by atoms with Crippen LogP contribution in [-0.2, 0) is 0 Å². The van der Waals surface area contributed by atoms with E-state index in [1.165, 1.54) is 6.07 Å². The van der Waals surface area contributed by atoms with Gasteiger partial charge in [0.1, 0.15) is 5.75 Å².